The number of aromatic nitrogens is 1. The number of nitrogens with zero attached hydrogens (tertiary/aromatic N) is 1. The molecule has 0 bridgehead atoms. The van der Waals surface area contributed by atoms with E-state index in [2.05, 4.69) is 42.2 Å². The van der Waals surface area contributed by atoms with E-state index in [1.807, 2.05) is 12.1 Å². The number of pyridine rings is 1. The van der Waals surface area contributed by atoms with Gasteiger partial charge in [0.05, 0.1) is 17.3 Å². The lowest BCUT2D eigenvalue weighted by molar-refractivity contribution is 0.412. The molecule has 3 N–H and O–H groups in total. The van der Waals surface area contributed by atoms with E-state index >= 15 is 0 Å². The smallest absolute Gasteiger partial charge is 0.135 e. The minimum absolute atomic E-state index is 0.660. The second-order valence-electron chi connectivity index (χ2n) is 3.57. The molecular weight excluding hydrogens is 362 g/mol. The number of hydrogen-bond donors (Lipinski definition) is 2. The molecule has 0 saturated carbocycles. The summed E-state index contributed by atoms with van der Waals surface area (Å²) >= 11 is 6.90. The molecule has 0 radical (unpaired) electrons. The van der Waals surface area contributed by atoms with E-state index < -0.39 is 0 Å². The molecule has 2 rings (SSSR count). The van der Waals surface area contributed by atoms with Crippen LogP contribution in [0.2, 0.25) is 0 Å². The number of nitrogens with two attached hydrogens (primary N) is 1. The number of nitrogens with one attached hydrogen (secondary N) is 1. The maximum absolute atomic E-state index is 5.71. The van der Waals surface area contributed by atoms with Crippen LogP contribution in [0.4, 0.5) is 17.2 Å². The second kappa shape index (κ2) is 5.58. The number of rotatable bonds is 3. The van der Waals surface area contributed by atoms with E-state index in [1.165, 1.54) is 0 Å². The van der Waals surface area contributed by atoms with Gasteiger partial charge < -0.3 is 15.8 Å². The van der Waals surface area contributed by atoms with Crippen LogP contribution in [0.5, 0.6) is 5.75 Å². The van der Waals surface area contributed by atoms with E-state index in [4.69, 9.17) is 10.5 Å². The SMILES string of the molecule is COc1cc(Nc2cc(N)ccn2)c(Br)cc1Br. The van der Waals surface area contributed by atoms with Gasteiger partial charge >= 0.3 is 0 Å². The highest BCUT2D eigenvalue weighted by Crippen LogP contribution is 2.35. The largest absolute Gasteiger partial charge is 0.495 e. The van der Waals surface area contributed by atoms with Gasteiger partial charge in [0.2, 0.25) is 0 Å². The summed E-state index contributed by atoms with van der Waals surface area (Å²) in [6.45, 7) is 0. The Morgan fingerprint density at radius 3 is 2.67 bits per heavy atom. The van der Waals surface area contributed by atoms with Crippen LogP contribution < -0.4 is 15.8 Å². The molecule has 0 spiro atoms. The van der Waals surface area contributed by atoms with Crippen molar-refractivity contribution >= 4 is 49.1 Å². The van der Waals surface area contributed by atoms with Gasteiger partial charge in [-0.15, -0.1) is 0 Å². The van der Waals surface area contributed by atoms with Gasteiger partial charge in [-0.25, -0.2) is 4.98 Å². The van der Waals surface area contributed by atoms with Crippen molar-refractivity contribution in [3.8, 4) is 5.75 Å². The average Bonchev–Trinajstić information content (AvgIpc) is 2.33. The van der Waals surface area contributed by atoms with Crippen molar-refractivity contribution < 1.29 is 4.74 Å². The highest BCUT2D eigenvalue weighted by molar-refractivity contribution is 9.11. The van der Waals surface area contributed by atoms with Crippen LogP contribution in [0.3, 0.4) is 0 Å². The number of ether oxygens (including phenoxy) is 1. The summed E-state index contributed by atoms with van der Waals surface area (Å²) in [4.78, 5) is 4.19. The van der Waals surface area contributed by atoms with Crippen LogP contribution in [0, 0.1) is 0 Å². The Morgan fingerprint density at radius 1 is 1.22 bits per heavy atom. The fourth-order valence-electron chi connectivity index (χ4n) is 1.43. The Hall–Kier alpha value is -1.27. The van der Waals surface area contributed by atoms with Crippen molar-refractivity contribution in [3.63, 3.8) is 0 Å². The third-order valence-electron chi connectivity index (χ3n) is 2.29. The molecular formula is C12H11Br2N3O. The van der Waals surface area contributed by atoms with Gasteiger partial charge in [0.25, 0.3) is 0 Å². The second-order valence-corrected chi connectivity index (χ2v) is 5.27. The molecule has 0 atom stereocenters. The van der Waals surface area contributed by atoms with Crippen LogP contribution >= 0.6 is 31.9 Å². The van der Waals surface area contributed by atoms with Crippen LogP contribution in [-0.4, -0.2) is 12.1 Å². The summed E-state index contributed by atoms with van der Waals surface area (Å²) in [7, 11) is 1.62. The predicted octanol–water partition coefficient (Wildman–Crippen LogP) is 3.94. The summed E-state index contributed by atoms with van der Waals surface area (Å²) in [5.41, 5.74) is 7.22. The third-order valence-corrected chi connectivity index (χ3v) is 3.56. The van der Waals surface area contributed by atoms with Crippen molar-refractivity contribution in [2.45, 2.75) is 0 Å². The molecule has 1 aromatic carbocycles. The first kappa shape index (κ1) is 13.2. The summed E-state index contributed by atoms with van der Waals surface area (Å²) in [5, 5.41) is 3.18. The predicted molar refractivity (Wildman–Crippen MR) is 80.3 cm³/mol. The number of methoxy groups -OCH3 is 1. The molecule has 0 aliphatic carbocycles. The van der Waals surface area contributed by atoms with Crippen LogP contribution in [0.15, 0.2) is 39.4 Å². The zero-order chi connectivity index (χ0) is 13.1. The van der Waals surface area contributed by atoms with Gasteiger partial charge in [-0.2, -0.15) is 0 Å². The first-order valence-electron chi connectivity index (χ1n) is 5.11. The van der Waals surface area contributed by atoms with E-state index in [-0.39, 0.29) is 0 Å². The number of anilines is 3. The quantitative estimate of drug-likeness (QED) is 0.856. The average molecular weight is 373 g/mol. The Balaban J connectivity index is 2.34. The zero-order valence-corrected chi connectivity index (χ0v) is 12.7. The van der Waals surface area contributed by atoms with E-state index in [0.29, 0.717) is 11.5 Å². The van der Waals surface area contributed by atoms with Crippen LogP contribution in [0.25, 0.3) is 0 Å². The van der Waals surface area contributed by atoms with E-state index in [0.717, 1.165) is 20.4 Å². The Bertz CT molecular complexity index is 575. The van der Waals surface area contributed by atoms with Gasteiger partial charge in [0.1, 0.15) is 11.6 Å². The molecule has 4 nitrogen and oxygen atoms in total. The normalized spacial score (nSPS) is 10.2. The molecule has 0 fully saturated rings. The van der Waals surface area contributed by atoms with Crippen molar-refractivity contribution in [3.05, 3.63) is 39.4 Å². The van der Waals surface area contributed by atoms with Gasteiger partial charge in [-0.1, -0.05) is 0 Å². The fourth-order valence-corrected chi connectivity index (χ4v) is 2.69. The lowest BCUT2D eigenvalue weighted by Crippen LogP contribution is -1.97. The Labute approximate surface area is 122 Å². The van der Waals surface area contributed by atoms with Gasteiger partial charge in [-0.3, -0.25) is 0 Å². The maximum atomic E-state index is 5.71. The first-order chi connectivity index (χ1) is 8.60. The van der Waals surface area contributed by atoms with E-state index in [9.17, 15) is 0 Å². The third kappa shape index (κ3) is 2.94. The molecule has 0 amide bonds. The highest BCUT2D eigenvalue weighted by Gasteiger charge is 2.08. The van der Waals surface area contributed by atoms with Crippen LogP contribution in [-0.2, 0) is 0 Å². The van der Waals surface area contributed by atoms with Gasteiger partial charge in [-0.05, 0) is 44.0 Å². The topological polar surface area (TPSA) is 60.2 Å². The number of benzene rings is 1. The minimum atomic E-state index is 0.660. The number of halogens is 2. The number of hydrogen-bond acceptors (Lipinski definition) is 4. The van der Waals surface area contributed by atoms with Crippen molar-refractivity contribution in [2.75, 3.05) is 18.2 Å². The zero-order valence-electron chi connectivity index (χ0n) is 9.58. The molecule has 2 aromatic rings. The summed E-state index contributed by atoms with van der Waals surface area (Å²) in [6, 6.07) is 7.29. The lowest BCUT2D eigenvalue weighted by atomic mass is 10.3. The lowest BCUT2D eigenvalue weighted by Gasteiger charge is -2.11. The summed E-state index contributed by atoms with van der Waals surface area (Å²) in [5.74, 6) is 1.42. The highest BCUT2D eigenvalue weighted by atomic mass is 79.9. The van der Waals surface area contributed by atoms with Crippen molar-refractivity contribution in [1.29, 1.82) is 0 Å². The number of nitrogen functional groups attached to an aromatic ring is 1. The molecule has 1 heterocycles. The Morgan fingerprint density at radius 2 is 2.00 bits per heavy atom. The van der Waals surface area contributed by atoms with Crippen LogP contribution in [0.1, 0.15) is 0 Å². The van der Waals surface area contributed by atoms with Gasteiger partial charge in [0, 0.05) is 28.5 Å². The molecule has 0 saturated heterocycles. The molecule has 18 heavy (non-hydrogen) atoms. The molecule has 6 heteroatoms. The first-order valence-corrected chi connectivity index (χ1v) is 6.70. The molecule has 1 aromatic heterocycles. The van der Waals surface area contributed by atoms with Gasteiger partial charge in [0.15, 0.2) is 0 Å². The van der Waals surface area contributed by atoms with Crippen molar-refractivity contribution in [1.82, 2.24) is 4.98 Å². The molecule has 0 aliphatic heterocycles. The van der Waals surface area contributed by atoms with E-state index in [1.54, 1.807) is 25.4 Å². The summed E-state index contributed by atoms with van der Waals surface area (Å²) in [6.07, 6.45) is 1.65. The Kier molecular flexibility index (Phi) is 4.08. The minimum Gasteiger partial charge on any atom is -0.495 e. The maximum Gasteiger partial charge on any atom is 0.135 e. The molecule has 94 valence electrons. The monoisotopic (exact) mass is 371 g/mol. The summed E-state index contributed by atoms with van der Waals surface area (Å²) < 4.78 is 7.03. The molecule has 0 aliphatic rings. The fraction of sp³-hybridized carbons (Fsp3) is 0.0833. The molecule has 0 unspecified atom stereocenters. The van der Waals surface area contributed by atoms with Crippen molar-refractivity contribution in [2.24, 2.45) is 0 Å². The standard InChI is InChI=1S/C12H11Br2N3O/c1-18-11-6-10(8(13)5-9(11)14)17-12-4-7(15)2-3-16-12/h2-6H,1H3,(H3,15,16,17).